The van der Waals surface area contributed by atoms with Gasteiger partial charge in [-0.25, -0.2) is 0 Å². The first-order chi connectivity index (χ1) is 4.66. The molecule has 62 valence electrons. The van der Waals surface area contributed by atoms with E-state index in [2.05, 4.69) is 19.2 Å². The minimum atomic E-state index is 0.0344. The molecule has 0 aromatic carbocycles. The SMILES string of the molecule is CC(C)CC(N)NCCO. The molecule has 1 atom stereocenters. The van der Waals surface area contributed by atoms with Gasteiger partial charge in [-0.2, -0.15) is 0 Å². The second-order valence-corrected chi connectivity index (χ2v) is 2.91. The van der Waals surface area contributed by atoms with Gasteiger partial charge in [-0.1, -0.05) is 13.8 Å². The zero-order valence-electron chi connectivity index (χ0n) is 6.80. The summed E-state index contributed by atoms with van der Waals surface area (Å²) < 4.78 is 0. The molecule has 10 heavy (non-hydrogen) atoms. The Labute approximate surface area is 62.6 Å². The van der Waals surface area contributed by atoms with E-state index in [1.54, 1.807) is 0 Å². The van der Waals surface area contributed by atoms with Crippen LogP contribution in [0.4, 0.5) is 0 Å². The van der Waals surface area contributed by atoms with Gasteiger partial charge in [0, 0.05) is 6.54 Å². The van der Waals surface area contributed by atoms with Gasteiger partial charge >= 0.3 is 0 Å². The third-order valence-electron chi connectivity index (χ3n) is 1.24. The molecule has 0 saturated carbocycles. The summed E-state index contributed by atoms with van der Waals surface area (Å²) in [6.07, 6.45) is 0.993. The lowest BCUT2D eigenvalue weighted by Crippen LogP contribution is -2.39. The average molecular weight is 146 g/mol. The first kappa shape index (κ1) is 9.88. The Balaban J connectivity index is 3.16. The van der Waals surface area contributed by atoms with Gasteiger partial charge in [-0.05, 0) is 12.3 Å². The van der Waals surface area contributed by atoms with Gasteiger partial charge in [-0.3, -0.25) is 5.32 Å². The lowest BCUT2D eigenvalue weighted by molar-refractivity contribution is 0.279. The highest BCUT2D eigenvalue weighted by molar-refractivity contribution is 4.59. The van der Waals surface area contributed by atoms with Crippen molar-refractivity contribution in [2.24, 2.45) is 11.7 Å². The normalized spacial score (nSPS) is 14.1. The summed E-state index contributed by atoms with van der Waals surface area (Å²) in [5.74, 6) is 0.612. The maximum absolute atomic E-state index is 8.43. The molecule has 0 radical (unpaired) electrons. The summed E-state index contributed by atoms with van der Waals surface area (Å²) in [6, 6.07) is 0. The molecular weight excluding hydrogens is 128 g/mol. The summed E-state index contributed by atoms with van der Waals surface area (Å²) in [4.78, 5) is 0. The Morgan fingerprint density at radius 2 is 2.10 bits per heavy atom. The number of hydrogen-bond acceptors (Lipinski definition) is 3. The van der Waals surface area contributed by atoms with E-state index in [-0.39, 0.29) is 12.8 Å². The molecule has 0 saturated heterocycles. The van der Waals surface area contributed by atoms with Crippen molar-refractivity contribution in [3.63, 3.8) is 0 Å². The Morgan fingerprint density at radius 3 is 2.50 bits per heavy atom. The van der Waals surface area contributed by atoms with Gasteiger partial charge in [0.15, 0.2) is 0 Å². The molecule has 3 nitrogen and oxygen atoms in total. The monoisotopic (exact) mass is 146 g/mol. The van der Waals surface area contributed by atoms with Crippen molar-refractivity contribution in [1.82, 2.24) is 5.32 Å². The summed E-state index contributed by atoms with van der Waals surface area (Å²) in [7, 11) is 0. The van der Waals surface area contributed by atoms with Crippen LogP contribution in [0.15, 0.2) is 0 Å². The van der Waals surface area contributed by atoms with Crippen LogP contribution in [0.3, 0.4) is 0 Å². The maximum Gasteiger partial charge on any atom is 0.0556 e. The molecule has 0 rings (SSSR count). The van der Waals surface area contributed by atoms with Crippen LogP contribution < -0.4 is 11.1 Å². The lowest BCUT2D eigenvalue weighted by atomic mass is 10.1. The Morgan fingerprint density at radius 1 is 1.50 bits per heavy atom. The average Bonchev–Trinajstić information content (AvgIpc) is 1.82. The van der Waals surface area contributed by atoms with Crippen LogP contribution in [-0.4, -0.2) is 24.4 Å². The molecule has 0 aliphatic heterocycles. The molecular formula is C7H18N2O. The second kappa shape index (κ2) is 5.65. The molecule has 1 unspecified atom stereocenters. The minimum Gasteiger partial charge on any atom is -0.395 e. The van der Waals surface area contributed by atoms with E-state index in [1.807, 2.05) is 0 Å². The third kappa shape index (κ3) is 6.01. The van der Waals surface area contributed by atoms with E-state index in [4.69, 9.17) is 10.8 Å². The molecule has 0 aromatic heterocycles. The van der Waals surface area contributed by atoms with Crippen LogP contribution in [0, 0.1) is 5.92 Å². The maximum atomic E-state index is 8.43. The zero-order chi connectivity index (χ0) is 7.98. The van der Waals surface area contributed by atoms with Crippen LogP contribution in [0.25, 0.3) is 0 Å². The van der Waals surface area contributed by atoms with Crippen molar-refractivity contribution in [2.45, 2.75) is 26.4 Å². The fraction of sp³-hybridized carbons (Fsp3) is 1.00. The summed E-state index contributed by atoms with van der Waals surface area (Å²) in [6.45, 7) is 5.00. The van der Waals surface area contributed by atoms with E-state index in [9.17, 15) is 0 Å². The van der Waals surface area contributed by atoms with E-state index in [0.717, 1.165) is 6.42 Å². The van der Waals surface area contributed by atoms with Gasteiger partial charge < -0.3 is 10.8 Å². The molecule has 0 spiro atoms. The molecule has 0 bridgehead atoms. The van der Waals surface area contributed by atoms with Crippen molar-refractivity contribution in [3.05, 3.63) is 0 Å². The first-order valence-corrected chi connectivity index (χ1v) is 3.76. The molecule has 0 fully saturated rings. The Bertz CT molecular complexity index is 76.0. The summed E-state index contributed by atoms with van der Waals surface area (Å²) in [5.41, 5.74) is 5.64. The molecule has 4 N–H and O–H groups in total. The van der Waals surface area contributed by atoms with Gasteiger partial charge in [0.25, 0.3) is 0 Å². The van der Waals surface area contributed by atoms with Crippen LogP contribution >= 0.6 is 0 Å². The zero-order valence-corrected chi connectivity index (χ0v) is 6.80. The highest BCUT2D eigenvalue weighted by Gasteiger charge is 2.02. The molecule has 0 aromatic rings. The van der Waals surface area contributed by atoms with Gasteiger partial charge in [0.05, 0.1) is 12.8 Å². The standard InChI is InChI=1S/C7H18N2O/c1-6(2)5-7(8)9-3-4-10/h6-7,9-10H,3-5,8H2,1-2H3. The van der Waals surface area contributed by atoms with Crippen molar-refractivity contribution in [1.29, 1.82) is 0 Å². The van der Waals surface area contributed by atoms with Crippen molar-refractivity contribution in [2.75, 3.05) is 13.2 Å². The smallest absolute Gasteiger partial charge is 0.0556 e. The van der Waals surface area contributed by atoms with Crippen molar-refractivity contribution < 1.29 is 5.11 Å². The Hall–Kier alpha value is -0.120. The van der Waals surface area contributed by atoms with Crippen molar-refractivity contribution >= 4 is 0 Å². The number of nitrogens with two attached hydrogens (primary N) is 1. The summed E-state index contributed by atoms with van der Waals surface area (Å²) in [5, 5.41) is 11.4. The van der Waals surface area contributed by atoms with E-state index in [1.165, 1.54) is 0 Å². The van der Waals surface area contributed by atoms with E-state index >= 15 is 0 Å². The molecule has 0 heterocycles. The van der Waals surface area contributed by atoms with Crippen LogP contribution in [0.2, 0.25) is 0 Å². The number of rotatable bonds is 5. The van der Waals surface area contributed by atoms with Gasteiger partial charge in [0.1, 0.15) is 0 Å². The Kier molecular flexibility index (Phi) is 5.58. The topological polar surface area (TPSA) is 58.3 Å². The largest absolute Gasteiger partial charge is 0.395 e. The van der Waals surface area contributed by atoms with E-state index in [0.29, 0.717) is 12.5 Å². The number of aliphatic hydroxyl groups excluding tert-OH is 1. The fourth-order valence-corrected chi connectivity index (χ4v) is 0.841. The lowest BCUT2D eigenvalue weighted by Gasteiger charge is -2.14. The summed E-state index contributed by atoms with van der Waals surface area (Å²) >= 11 is 0. The number of aliphatic hydroxyl groups is 1. The molecule has 3 heteroatoms. The highest BCUT2D eigenvalue weighted by Crippen LogP contribution is 1.99. The fourth-order valence-electron chi connectivity index (χ4n) is 0.841. The van der Waals surface area contributed by atoms with Crippen LogP contribution in [0.5, 0.6) is 0 Å². The van der Waals surface area contributed by atoms with Gasteiger partial charge in [0.2, 0.25) is 0 Å². The molecule has 0 aliphatic rings. The quantitative estimate of drug-likeness (QED) is 0.475. The predicted molar refractivity (Wildman–Crippen MR) is 42.5 cm³/mol. The van der Waals surface area contributed by atoms with Crippen LogP contribution in [-0.2, 0) is 0 Å². The van der Waals surface area contributed by atoms with Crippen LogP contribution in [0.1, 0.15) is 20.3 Å². The number of hydrogen-bond donors (Lipinski definition) is 3. The second-order valence-electron chi connectivity index (χ2n) is 2.91. The third-order valence-corrected chi connectivity index (χ3v) is 1.24. The highest BCUT2D eigenvalue weighted by atomic mass is 16.3. The molecule has 0 amide bonds. The van der Waals surface area contributed by atoms with E-state index < -0.39 is 0 Å². The predicted octanol–water partition coefficient (Wildman–Crippen LogP) is -0.101. The van der Waals surface area contributed by atoms with Gasteiger partial charge in [-0.15, -0.1) is 0 Å². The van der Waals surface area contributed by atoms with Crippen molar-refractivity contribution in [3.8, 4) is 0 Å². The number of nitrogens with one attached hydrogen (secondary N) is 1. The minimum absolute atomic E-state index is 0.0344. The molecule has 0 aliphatic carbocycles. The first-order valence-electron chi connectivity index (χ1n) is 3.76.